The van der Waals surface area contributed by atoms with Crippen LogP contribution >= 0.6 is 11.6 Å². The van der Waals surface area contributed by atoms with Gasteiger partial charge < -0.3 is 10.2 Å². The molecule has 2 amide bonds. The fourth-order valence-electron chi connectivity index (χ4n) is 3.55. The predicted octanol–water partition coefficient (Wildman–Crippen LogP) is 4.05. The summed E-state index contributed by atoms with van der Waals surface area (Å²) in [4.78, 5) is 27.9. The largest absolute Gasteiger partial charge is 0.352 e. The predicted molar refractivity (Wildman–Crippen MR) is 137 cm³/mol. The van der Waals surface area contributed by atoms with E-state index < -0.39 is 28.5 Å². The number of sulfonamides is 1. The van der Waals surface area contributed by atoms with Gasteiger partial charge in [0.05, 0.1) is 11.9 Å². The number of carbonyl (C=O) groups is 2. The monoisotopic (exact) mass is 507 g/mol. The Bertz CT molecular complexity index is 1140. The van der Waals surface area contributed by atoms with E-state index in [0.717, 1.165) is 28.1 Å². The van der Waals surface area contributed by atoms with Gasteiger partial charge in [0, 0.05) is 17.6 Å². The Morgan fingerprint density at radius 2 is 1.76 bits per heavy atom. The summed E-state index contributed by atoms with van der Waals surface area (Å²) in [6, 6.07) is 11.6. The van der Waals surface area contributed by atoms with E-state index in [1.54, 1.807) is 32.0 Å². The summed E-state index contributed by atoms with van der Waals surface area (Å²) >= 11 is 6.04. The molecule has 0 heterocycles. The molecule has 0 fully saturated rings. The van der Waals surface area contributed by atoms with Crippen molar-refractivity contribution < 1.29 is 18.0 Å². The van der Waals surface area contributed by atoms with Gasteiger partial charge in [-0.25, -0.2) is 8.42 Å². The lowest BCUT2D eigenvalue weighted by Crippen LogP contribution is -2.52. The Morgan fingerprint density at radius 1 is 1.09 bits per heavy atom. The maximum Gasteiger partial charge on any atom is 0.244 e. The molecule has 0 aromatic heterocycles. The summed E-state index contributed by atoms with van der Waals surface area (Å²) in [5.41, 5.74) is 2.87. The highest BCUT2D eigenvalue weighted by molar-refractivity contribution is 7.92. The van der Waals surface area contributed by atoms with Crippen LogP contribution in [0.15, 0.2) is 42.5 Å². The van der Waals surface area contributed by atoms with Crippen LogP contribution in [0.3, 0.4) is 0 Å². The molecule has 0 aliphatic heterocycles. The van der Waals surface area contributed by atoms with Gasteiger partial charge in [-0.3, -0.25) is 13.9 Å². The number of nitrogens with zero attached hydrogens (tertiary/aromatic N) is 2. The molecule has 2 aromatic rings. The van der Waals surface area contributed by atoms with Gasteiger partial charge in [-0.15, -0.1) is 0 Å². The third kappa shape index (κ3) is 7.46. The van der Waals surface area contributed by atoms with Crippen molar-refractivity contribution in [1.29, 1.82) is 0 Å². The van der Waals surface area contributed by atoms with Crippen LogP contribution in [0.25, 0.3) is 0 Å². The van der Waals surface area contributed by atoms with Crippen LogP contribution in [0.5, 0.6) is 0 Å². The van der Waals surface area contributed by atoms with Crippen molar-refractivity contribution in [3.8, 4) is 0 Å². The highest BCUT2D eigenvalue weighted by Gasteiger charge is 2.31. The third-order valence-electron chi connectivity index (χ3n) is 5.71. The van der Waals surface area contributed by atoms with Crippen molar-refractivity contribution in [2.45, 2.75) is 59.7 Å². The molecule has 0 saturated carbocycles. The van der Waals surface area contributed by atoms with E-state index in [0.29, 0.717) is 16.3 Å². The number of benzene rings is 2. The van der Waals surface area contributed by atoms with Crippen molar-refractivity contribution in [1.82, 2.24) is 10.2 Å². The van der Waals surface area contributed by atoms with Crippen LogP contribution in [0.2, 0.25) is 5.02 Å². The molecule has 1 N–H and O–H groups in total. The molecule has 0 saturated heterocycles. The highest BCUT2D eigenvalue weighted by atomic mass is 35.5. The summed E-state index contributed by atoms with van der Waals surface area (Å²) in [7, 11) is -3.79. The Hall–Kier alpha value is -2.58. The lowest BCUT2D eigenvalue weighted by molar-refractivity contribution is -0.139. The number of hydrogen-bond donors (Lipinski definition) is 1. The fourth-order valence-corrected chi connectivity index (χ4v) is 4.68. The first-order chi connectivity index (χ1) is 15.8. The summed E-state index contributed by atoms with van der Waals surface area (Å²) in [5, 5.41) is 3.38. The minimum Gasteiger partial charge on any atom is -0.352 e. The standard InChI is InChI=1S/C25H34ClN3O4S/c1-7-19(4)27-25(31)20(5)28(15-21-10-8-9-17(2)13-21)24(30)16-29(34(6,32)33)23-12-11-22(26)14-18(23)3/h8-14,19-20H,7,15-16H2,1-6H3,(H,27,31)/t19-,20-/m0/s1. The van der Waals surface area contributed by atoms with Crippen LogP contribution in [0.1, 0.15) is 43.9 Å². The van der Waals surface area contributed by atoms with Gasteiger partial charge in [0.1, 0.15) is 12.6 Å². The molecule has 0 spiro atoms. The molecule has 2 atom stereocenters. The topological polar surface area (TPSA) is 86.8 Å². The smallest absolute Gasteiger partial charge is 0.244 e. The molecule has 7 nitrogen and oxygen atoms in total. The number of nitrogens with one attached hydrogen (secondary N) is 1. The molecule has 9 heteroatoms. The lowest BCUT2D eigenvalue weighted by atomic mass is 10.1. The van der Waals surface area contributed by atoms with Gasteiger partial charge in [0.25, 0.3) is 0 Å². The van der Waals surface area contributed by atoms with Crippen LogP contribution in [-0.2, 0) is 26.2 Å². The zero-order chi connectivity index (χ0) is 25.6. The first kappa shape index (κ1) is 27.7. The summed E-state index contributed by atoms with van der Waals surface area (Å²) < 4.78 is 26.4. The zero-order valence-corrected chi connectivity index (χ0v) is 22.2. The molecule has 2 aromatic carbocycles. The molecule has 0 bridgehead atoms. The number of amides is 2. The van der Waals surface area contributed by atoms with Crippen molar-refractivity contribution in [2.24, 2.45) is 0 Å². The quantitative estimate of drug-likeness (QED) is 0.525. The van der Waals surface area contributed by atoms with Gasteiger partial charge in [-0.1, -0.05) is 48.4 Å². The van der Waals surface area contributed by atoms with Crippen LogP contribution in [0, 0.1) is 13.8 Å². The van der Waals surface area contributed by atoms with Gasteiger partial charge in [0.15, 0.2) is 0 Å². The van der Waals surface area contributed by atoms with Crippen molar-refractivity contribution in [2.75, 3.05) is 17.1 Å². The summed E-state index contributed by atoms with van der Waals surface area (Å²) in [6.07, 6.45) is 1.81. The number of hydrogen-bond acceptors (Lipinski definition) is 4. The zero-order valence-electron chi connectivity index (χ0n) is 20.6. The van der Waals surface area contributed by atoms with Crippen molar-refractivity contribution in [3.63, 3.8) is 0 Å². The van der Waals surface area contributed by atoms with E-state index in [2.05, 4.69) is 5.32 Å². The molecule has 0 unspecified atom stereocenters. The number of halogens is 1. The van der Waals surface area contributed by atoms with Crippen LogP contribution in [0.4, 0.5) is 5.69 Å². The van der Waals surface area contributed by atoms with E-state index in [1.807, 2.05) is 45.0 Å². The van der Waals surface area contributed by atoms with E-state index >= 15 is 0 Å². The van der Waals surface area contributed by atoms with E-state index in [-0.39, 0.29) is 18.5 Å². The summed E-state index contributed by atoms with van der Waals surface area (Å²) in [5.74, 6) is -0.767. The Morgan fingerprint density at radius 3 is 2.32 bits per heavy atom. The first-order valence-corrected chi connectivity index (χ1v) is 13.4. The Labute approximate surface area is 208 Å². The SMILES string of the molecule is CC[C@H](C)NC(=O)[C@H](C)N(Cc1cccc(C)c1)C(=O)CN(c1ccc(Cl)cc1C)S(C)(=O)=O. The van der Waals surface area contributed by atoms with Crippen LogP contribution < -0.4 is 9.62 Å². The molecule has 0 radical (unpaired) electrons. The Kier molecular flexibility index (Phi) is 9.53. The second-order valence-corrected chi connectivity index (χ2v) is 11.0. The van der Waals surface area contributed by atoms with E-state index in [4.69, 9.17) is 11.6 Å². The number of anilines is 1. The number of aryl methyl sites for hydroxylation is 2. The molecular formula is C25H34ClN3O4S. The molecule has 0 aliphatic carbocycles. The lowest BCUT2D eigenvalue weighted by Gasteiger charge is -2.32. The number of carbonyl (C=O) groups excluding carboxylic acids is 2. The van der Waals surface area contributed by atoms with Gasteiger partial charge in [0.2, 0.25) is 21.8 Å². The third-order valence-corrected chi connectivity index (χ3v) is 7.07. The maximum absolute atomic E-state index is 13.6. The van der Waals surface area contributed by atoms with E-state index in [1.165, 1.54) is 4.90 Å². The van der Waals surface area contributed by atoms with E-state index in [9.17, 15) is 18.0 Å². The fraction of sp³-hybridized carbons (Fsp3) is 0.440. The van der Waals surface area contributed by atoms with Crippen molar-refractivity contribution in [3.05, 3.63) is 64.2 Å². The van der Waals surface area contributed by atoms with Gasteiger partial charge >= 0.3 is 0 Å². The first-order valence-electron chi connectivity index (χ1n) is 11.2. The minimum absolute atomic E-state index is 0.0462. The molecule has 34 heavy (non-hydrogen) atoms. The summed E-state index contributed by atoms with van der Waals surface area (Å²) in [6.45, 7) is 8.93. The average molecular weight is 508 g/mol. The molecule has 0 aliphatic rings. The maximum atomic E-state index is 13.6. The van der Waals surface area contributed by atoms with Crippen molar-refractivity contribution >= 4 is 39.1 Å². The average Bonchev–Trinajstić information content (AvgIpc) is 2.74. The number of rotatable bonds is 10. The second kappa shape index (κ2) is 11.7. The minimum atomic E-state index is -3.79. The van der Waals surface area contributed by atoms with Gasteiger partial charge in [-0.2, -0.15) is 0 Å². The molecule has 186 valence electrons. The second-order valence-electron chi connectivity index (χ2n) is 8.70. The molecular weight excluding hydrogens is 474 g/mol. The normalized spacial score (nSPS) is 13.1. The van der Waals surface area contributed by atoms with Gasteiger partial charge in [-0.05, 0) is 63.4 Å². The highest BCUT2D eigenvalue weighted by Crippen LogP contribution is 2.26. The molecule has 2 rings (SSSR count). The van der Waals surface area contributed by atoms with Crippen LogP contribution in [-0.4, -0.2) is 50.0 Å². The Balaban J connectivity index is 2.42.